The molecule has 16 heavy (non-hydrogen) atoms. The first-order chi connectivity index (χ1) is 7.74. The molecule has 86 valence electrons. The van der Waals surface area contributed by atoms with Gasteiger partial charge in [-0.15, -0.1) is 16.4 Å². The molecule has 0 saturated heterocycles. The van der Waals surface area contributed by atoms with E-state index in [1.54, 1.807) is 22.2 Å². The molecule has 1 N–H and O–H groups in total. The van der Waals surface area contributed by atoms with Crippen molar-refractivity contribution in [2.24, 2.45) is 7.05 Å². The van der Waals surface area contributed by atoms with Crippen molar-refractivity contribution < 1.29 is 0 Å². The van der Waals surface area contributed by atoms with E-state index in [1.165, 1.54) is 0 Å². The van der Waals surface area contributed by atoms with Crippen LogP contribution in [-0.2, 0) is 7.05 Å². The fourth-order valence-electron chi connectivity index (χ4n) is 1.61. The van der Waals surface area contributed by atoms with Gasteiger partial charge in [-0.1, -0.05) is 23.7 Å². The van der Waals surface area contributed by atoms with E-state index in [0.717, 1.165) is 22.1 Å². The maximum atomic E-state index is 6.16. The van der Waals surface area contributed by atoms with E-state index < -0.39 is 0 Å². The number of halogens is 1. The number of nitrogens with zero attached hydrogens (tertiary/aromatic N) is 3. The average molecular weight is 257 g/mol. The maximum absolute atomic E-state index is 6.16. The highest BCUT2D eigenvalue weighted by Crippen LogP contribution is 2.32. The second-order valence-electron chi connectivity index (χ2n) is 3.41. The van der Waals surface area contributed by atoms with Crippen molar-refractivity contribution >= 4 is 22.9 Å². The topological polar surface area (TPSA) is 42.7 Å². The Morgan fingerprint density at radius 3 is 2.94 bits per heavy atom. The molecule has 0 radical (unpaired) electrons. The molecule has 2 rings (SSSR count). The van der Waals surface area contributed by atoms with E-state index in [9.17, 15) is 0 Å². The lowest BCUT2D eigenvalue weighted by atomic mass is 10.2. The van der Waals surface area contributed by atoms with Crippen LogP contribution in [0.4, 0.5) is 0 Å². The summed E-state index contributed by atoms with van der Waals surface area (Å²) in [5.74, 6) is 0. The molecule has 0 aliphatic heterocycles. The summed E-state index contributed by atoms with van der Waals surface area (Å²) in [7, 11) is 1.88. The maximum Gasteiger partial charge on any atom is 0.0873 e. The minimum atomic E-state index is 0.0671. The van der Waals surface area contributed by atoms with Crippen molar-refractivity contribution in [1.82, 2.24) is 20.3 Å². The van der Waals surface area contributed by atoms with Crippen LogP contribution in [0.2, 0.25) is 5.02 Å². The zero-order chi connectivity index (χ0) is 11.5. The fraction of sp³-hybridized carbons (Fsp3) is 0.400. The molecular formula is C10H13ClN4S. The summed E-state index contributed by atoms with van der Waals surface area (Å²) in [6.07, 6.45) is 1.77. The van der Waals surface area contributed by atoms with Crippen molar-refractivity contribution in [3.63, 3.8) is 0 Å². The number of nitrogens with one attached hydrogen (secondary N) is 1. The molecule has 4 nitrogen and oxygen atoms in total. The van der Waals surface area contributed by atoms with Gasteiger partial charge in [-0.3, -0.25) is 4.68 Å². The highest BCUT2D eigenvalue weighted by atomic mass is 35.5. The van der Waals surface area contributed by atoms with Crippen LogP contribution in [0, 0.1) is 0 Å². The molecule has 2 heterocycles. The van der Waals surface area contributed by atoms with Gasteiger partial charge in [0.1, 0.15) is 0 Å². The smallest absolute Gasteiger partial charge is 0.0873 e. The van der Waals surface area contributed by atoms with Crippen LogP contribution < -0.4 is 5.32 Å². The van der Waals surface area contributed by atoms with E-state index in [0.29, 0.717) is 0 Å². The minimum Gasteiger partial charge on any atom is -0.304 e. The standard InChI is InChI=1S/C10H13ClN4S/c1-3-12-9(8-6-13-14-15(8)2)10-7(11)4-5-16-10/h4-6,9,12H,3H2,1-2H3. The van der Waals surface area contributed by atoms with Crippen LogP contribution in [0.3, 0.4) is 0 Å². The summed E-state index contributed by atoms with van der Waals surface area (Å²) in [5, 5.41) is 14.0. The predicted octanol–water partition coefficient (Wildman–Crippen LogP) is 2.23. The second kappa shape index (κ2) is 4.95. The van der Waals surface area contributed by atoms with Gasteiger partial charge >= 0.3 is 0 Å². The van der Waals surface area contributed by atoms with Crippen LogP contribution >= 0.6 is 22.9 Å². The minimum absolute atomic E-state index is 0.0671. The normalized spacial score (nSPS) is 12.9. The van der Waals surface area contributed by atoms with E-state index >= 15 is 0 Å². The number of rotatable bonds is 4. The molecule has 1 unspecified atom stereocenters. The van der Waals surface area contributed by atoms with Crippen molar-refractivity contribution in [1.29, 1.82) is 0 Å². The van der Waals surface area contributed by atoms with Crippen molar-refractivity contribution in [2.45, 2.75) is 13.0 Å². The van der Waals surface area contributed by atoms with Crippen LogP contribution in [-0.4, -0.2) is 21.5 Å². The fourth-order valence-corrected chi connectivity index (χ4v) is 2.86. The Morgan fingerprint density at radius 1 is 1.62 bits per heavy atom. The Bertz CT molecular complexity index is 425. The van der Waals surface area contributed by atoms with Crippen LogP contribution in [0.5, 0.6) is 0 Å². The molecule has 0 saturated carbocycles. The number of hydrogen-bond acceptors (Lipinski definition) is 4. The third kappa shape index (κ3) is 2.11. The third-order valence-corrected chi connectivity index (χ3v) is 3.78. The van der Waals surface area contributed by atoms with Gasteiger partial charge in [0.05, 0.1) is 23.0 Å². The molecule has 2 aromatic rings. The molecule has 6 heteroatoms. The first-order valence-corrected chi connectivity index (χ1v) is 6.30. The molecule has 0 fully saturated rings. The Kier molecular flexibility index (Phi) is 3.58. The average Bonchev–Trinajstić information content (AvgIpc) is 2.84. The van der Waals surface area contributed by atoms with Gasteiger partial charge in [-0.25, -0.2) is 0 Å². The summed E-state index contributed by atoms with van der Waals surface area (Å²) >= 11 is 7.80. The summed E-state index contributed by atoms with van der Waals surface area (Å²) < 4.78 is 1.77. The highest BCUT2D eigenvalue weighted by molar-refractivity contribution is 7.10. The summed E-state index contributed by atoms with van der Waals surface area (Å²) in [4.78, 5) is 1.11. The van der Waals surface area contributed by atoms with E-state index in [4.69, 9.17) is 11.6 Å². The number of hydrogen-bond donors (Lipinski definition) is 1. The molecule has 0 aromatic carbocycles. The Balaban J connectivity index is 2.39. The molecule has 1 atom stereocenters. The molecule has 2 aromatic heterocycles. The van der Waals surface area contributed by atoms with E-state index in [2.05, 4.69) is 22.6 Å². The Morgan fingerprint density at radius 2 is 2.44 bits per heavy atom. The van der Waals surface area contributed by atoms with E-state index in [1.807, 2.05) is 18.5 Å². The van der Waals surface area contributed by atoms with E-state index in [-0.39, 0.29) is 6.04 Å². The number of aromatic nitrogens is 3. The second-order valence-corrected chi connectivity index (χ2v) is 4.76. The molecule has 0 amide bonds. The monoisotopic (exact) mass is 256 g/mol. The SMILES string of the molecule is CCNC(c1sccc1Cl)c1cnnn1C. The summed E-state index contributed by atoms with van der Waals surface area (Å²) in [5.41, 5.74) is 1.02. The summed E-state index contributed by atoms with van der Waals surface area (Å²) in [6.45, 7) is 2.93. The van der Waals surface area contributed by atoms with Crippen molar-refractivity contribution in [3.8, 4) is 0 Å². The van der Waals surface area contributed by atoms with Gasteiger partial charge in [-0.05, 0) is 18.0 Å². The van der Waals surface area contributed by atoms with Crippen LogP contribution in [0.15, 0.2) is 17.6 Å². The molecule has 0 spiro atoms. The van der Waals surface area contributed by atoms with Gasteiger partial charge < -0.3 is 5.32 Å². The van der Waals surface area contributed by atoms with Crippen molar-refractivity contribution in [3.05, 3.63) is 33.2 Å². The zero-order valence-electron chi connectivity index (χ0n) is 9.14. The zero-order valence-corrected chi connectivity index (χ0v) is 10.7. The lowest BCUT2D eigenvalue weighted by molar-refractivity contribution is 0.574. The molecule has 0 aliphatic rings. The lowest BCUT2D eigenvalue weighted by Gasteiger charge is -2.16. The first kappa shape index (κ1) is 11.6. The van der Waals surface area contributed by atoms with Gasteiger partial charge in [0.25, 0.3) is 0 Å². The molecule has 0 aliphatic carbocycles. The Hall–Kier alpha value is -0.910. The molecular weight excluding hydrogens is 244 g/mol. The lowest BCUT2D eigenvalue weighted by Crippen LogP contribution is -2.23. The van der Waals surface area contributed by atoms with Gasteiger partial charge in [0.15, 0.2) is 0 Å². The molecule has 0 bridgehead atoms. The van der Waals surface area contributed by atoms with Gasteiger partial charge in [0.2, 0.25) is 0 Å². The Labute approximate surface area is 103 Å². The summed E-state index contributed by atoms with van der Waals surface area (Å²) in [6, 6.07) is 1.98. The first-order valence-electron chi connectivity index (χ1n) is 5.05. The van der Waals surface area contributed by atoms with Gasteiger partial charge in [-0.2, -0.15) is 0 Å². The largest absolute Gasteiger partial charge is 0.304 e. The van der Waals surface area contributed by atoms with Crippen molar-refractivity contribution in [2.75, 3.05) is 6.54 Å². The van der Waals surface area contributed by atoms with Crippen LogP contribution in [0.1, 0.15) is 23.5 Å². The van der Waals surface area contributed by atoms with Crippen LogP contribution in [0.25, 0.3) is 0 Å². The number of thiophene rings is 1. The highest BCUT2D eigenvalue weighted by Gasteiger charge is 2.20. The van der Waals surface area contributed by atoms with Gasteiger partial charge in [0, 0.05) is 11.9 Å². The quantitative estimate of drug-likeness (QED) is 0.912. The predicted molar refractivity (Wildman–Crippen MR) is 65.9 cm³/mol. The number of aryl methyl sites for hydroxylation is 1. The third-order valence-electron chi connectivity index (χ3n) is 2.36.